The van der Waals surface area contributed by atoms with E-state index in [1.54, 1.807) is 6.20 Å². The Labute approximate surface area is 121 Å². The molecule has 1 fully saturated rings. The van der Waals surface area contributed by atoms with E-state index in [-0.39, 0.29) is 5.56 Å². The molecule has 19 heavy (non-hydrogen) atoms. The Kier molecular flexibility index (Phi) is 4.95. The summed E-state index contributed by atoms with van der Waals surface area (Å²) < 4.78 is 2.04. The van der Waals surface area contributed by atoms with E-state index in [4.69, 9.17) is 0 Å². The molecule has 0 aromatic carbocycles. The average Bonchev–Trinajstić information content (AvgIpc) is 2.41. The molecular weight excluding hydrogens is 310 g/mol. The summed E-state index contributed by atoms with van der Waals surface area (Å²) in [4.78, 5) is 14.3. The number of piperazine rings is 1. The first kappa shape index (κ1) is 14.5. The second kappa shape index (κ2) is 6.49. The van der Waals surface area contributed by atoms with Crippen LogP contribution in [0.4, 0.5) is 5.69 Å². The quantitative estimate of drug-likeness (QED) is 0.892. The van der Waals surface area contributed by atoms with Gasteiger partial charge in [-0.2, -0.15) is 5.10 Å². The van der Waals surface area contributed by atoms with Crippen LogP contribution in [0.2, 0.25) is 0 Å². The zero-order valence-electron chi connectivity index (χ0n) is 11.4. The summed E-state index contributed by atoms with van der Waals surface area (Å²) in [5.41, 5.74) is 3.92. The molecule has 1 aromatic heterocycles. The Bertz CT molecular complexity index is 481. The molecule has 1 saturated heterocycles. The van der Waals surface area contributed by atoms with Gasteiger partial charge in [0.25, 0.3) is 5.56 Å². The lowest BCUT2D eigenvalue weighted by Crippen LogP contribution is -2.47. The van der Waals surface area contributed by atoms with Crippen molar-refractivity contribution < 1.29 is 0 Å². The van der Waals surface area contributed by atoms with Crippen LogP contribution in [0.15, 0.2) is 15.5 Å². The van der Waals surface area contributed by atoms with Crippen molar-refractivity contribution in [1.82, 2.24) is 19.7 Å². The third kappa shape index (κ3) is 3.55. The molecule has 2 rings (SSSR count). The van der Waals surface area contributed by atoms with E-state index >= 15 is 0 Å². The maximum Gasteiger partial charge on any atom is 0.283 e. The van der Waals surface area contributed by atoms with Crippen LogP contribution in [0.5, 0.6) is 0 Å². The standard InChI is InChI=1S/C12H20BrN5O/c1-3-4-18-12(19)11(13)10(9-14-18)15-17-7-5-16(2)6-8-17/h9,15H,3-8H2,1-2H3. The number of aromatic nitrogens is 2. The minimum absolute atomic E-state index is 0.0824. The van der Waals surface area contributed by atoms with Gasteiger partial charge in [0.15, 0.2) is 0 Å². The molecule has 0 atom stereocenters. The average molecular weight is 330 g/mol. The molecule has 0 aliphatic carbocycles. The summed E-state index contributed by atoms with van der Waals surface area (Å²) in [5.74, 6) is 0. The van der Waals surface area contributed by atoms with Gasteiger partial charge in [0, 0.05) is 32.7 Å². The predicted octanol–water partition coefficient (Wildman–Crippen LogP) is 0.990. The predicted molar refractivity (Wildman–Crippen MR) is 79.2 cm³/mol. The largest absolute Gasteiger partial charge is 0.316 e. The van der Waals surface area contributed by atoms with E-state index in [2.05, 4.69) is 43.4 Å². The van der Waals surface area contributed by atoms with Gasteiger partial charge in [-0.3, -0.25) is 4.79 Å². The lowest BCUT2D eigenvalue weighted by molar-refractivity contribution is 0.179. The molecule has 0 amide bonds. The molecule has 0 saturated carbocycles. The molecule has 1 aliphatic heterocycles. The van der Waals surface area contributed by atoms with Crippen LogP contribution in [-0.2, 0) is 6.54 Å². The normalized spacial score (nSPS) is 17.6. The fraction of sp³-hybridized carbons (Fsp3) is 0.667. The topological polar surface area (TPSA) is 53.4 Å². The first-order chi connectivity index (χ1) is 9.11. The number of hydrogen-bond acceptors (Lipinski definition) is 5. The monoisotopic (exact) mass is 329 g/mol. The molecule has 106 valence electrons. The van der Waals surface area contributed by atoms with Crippen LogP contribution in [0.25, 0.3) is 0 Å². The van der Waals surface area contributed by atoms with Crippen molar-refractivity contribution in [3.05, 3.63) is 21.0 Å². The minimum Gasteiger partial charge on any atom is -0.316 e. The third-order valence-electron chi connectivity index (χ3n) is 3.20. The van der Waals surface area contributed by atoms with Crippen molar-refractivity contribution in [2.75, 3.05) is 38.7 Å². The number of hydrogen-bond donors (Lipinski definition) is 1. The van der Waals surface area contributed by atoms with Crippen LogP contribution in [0.1, 0.15) is 13.3 Å². The van der Waals surface area contributed by atoms with E-state index < -0.39 is 0 Å². The van der Waals surface area contributed by atoms with Gasteiger partial charge in [-0.15, -0.1) is 0 Å². The Hall–Kier alpha value is -0.920. The molecule has 0 unspecified atom stereocenters. The number of nitrogens with zero attached hydrogens (tertiary/aromatic N) is 4. The van der Waals surface area contributed by atoms with E-state index in [0.717, 1.165) is 38.3 Å². The van der Waals surface area contributed by atoms with E-state index in [9.17, 15) is 4.79 Å². The lowest BCUT2D eigenvalue weighted by Gasteiger charge is -2.33. The summed E-state index contributed by atoms with van der Waals surface area (Å²) in [6.45, 7) is 6.57. The van der Waals surface area contributed by atoms with Gasteiger partial charge >= 0.3 is 0 Å². The number of aryl methyl sites for hydroxylation is 1. The number of halogens is 1. The summed E-state index contributed by atoms with van der Waals surface area (Å²) in [5, 5.41) is 6.30. The maximum atomic E-state index is 12.1. The fourth-order valence-electron chi connectivity index (χ4n) is 2.00. The van der Waals surface area contributed by atoms with E-state index in [1.165, 1.54) is 4.68 Å². The van der Waals surface area contributed by atoms with Gasteiger partial charge in [0.05, 0.1) is 11.9 Å². The van der Waals surface area contributed by atoms with Gasteiger partial charge in [0.1, 0.15) is 4.47 Å². The Morgan fingerprint density at radius 2 is 2.05 bits per heavy atom. The second-order valence-electron chi connectivity index (χ2n) is 4.80. The Balaban J connectivity index is 2.09. The molecule has 1 aliphatic rings. The van der Waals surface area contributed by atoms with Crippen LogP contribution >= 0.6 is 15.9 Å². The van der Waals surface area contributed by atoms with E-state index in [1.807, 2.05) is 6.92 Å². The van der Waals surface area contributed by atoms with Crippen molar-refractivity contribution in [2.24, 2.45) is 0 Å². The van der Waals surface area contributed by atoms with Crippen molar-refractivity contribution >= 4 is 21.6 Å². The highest BCUT2D eigenvalue weighted by Gasteiger charge is 2.16. The van der Waals surface area contributed by atoms with Gasteiger partial charge in [-0.05, 0) is 29.4 Å². The Morgan fingerprint density at radius 3 is 2.68 bits per heavy atom. The van der Waals surface area contributed by atoms with Crippen molar-refractivity contribution in [1.29, 1.82) is 0 Å². The van der Waals surface area contributed by atoms with Gasteiger partial charge in [0.2, 0.25) is 0 Å². The third-order valence-corrected chi connectivity index (χ3v) is 3.97. The molecule has 1 N–H and O–H groups in total. The summed E-state index contributed by atoms with van der Waals surface area (Å²) >= 11 is 3.37. The number of likely N-dealkylation sites (N-methyl/N-ethyl adjacent to an activating group) is 1. The fourth-order valence-corrected chi connectivity index (χ4v) is 2.40. The number of rotatable bonds is 4. The zero-order valence-corrected chi connectivity index (χ0v) is 13.0. The first-order valence-electron chi connectivity index (χ1n) is 6.57. The summed E-state index contributed by atoms with van der Waals surface area (Å²) in [6.07, 6.45) is 2.60. The summed E-state index contributed by atoms with van der Waals surface area (Å²) in [6, 6.07) is 0. The highest BCUT2D eigenvalue weighted by Crippen LogP contribution is 2.17. The molecular formula is C12H20BrN5O. The van der Waals surface area contributed by atoms with Crippen LogP contribution < -0.4 is 11.0 Å². The maximum absolute atomic E-state index is 12.1. The highest BCUT2D eigenvalue weighted by molar-refractivity contribution is 9.10. The second-order valence-corrected chi connectivity index (χ2v) is 5.60. The van der Waals surface area contributed by atoms with Crippen LogP contribution in [0.3, 0.4) is 0 Å². The van der Waals surface area contributed by atoms with Gasteiger partial charge < -0.3 is 10.3 Å². The molecule has 6 nitrogen and oxygen atoms in total. The minimum atomic E-state index is -0.0824. The molecule has 1 aromatic rings. The van der Waals surface area contributed by atoms with Crippen LogP contribution in [-0.4, -0.2) is 52.9 Å². The highest BCUT2D eigenvalue weighted by atomic mass is 79.9. The molecule has 0 spiro atoms. The molecule has 2 heterocycles. The van der Waals surface area contributed by atoms with Crippen molar-refractivity contribution in [3.63, 3.8) is 0 Å². The molecule has 0 radical (unpaired) electrons. The SMILES string of the molecule is CCCn1ncc(NN2CCN(C)CC2)c(Br)c1=O. The Morgan fingerprint density at radius 1 is 1.37 bits per heavy atom. The van der Waals surface area contributed by atoms with Crippen LogP contribution in [0, 0.1) is 0 Å². The molecule has 7 heteroatoms. The zero-order chi connectivity index (χ0) is 13.8. The van der Waals surface area contributed by atoms with Crippen molar-refractivity contribution in [2.45, 2.75) is 19.9 Å². The van der Waals surface area contributed by atoms with Gasteiger partial charge in [-0.1, -0.05) is 6.92 Å². The number of anilines is 1. The number of hydrazine groups is 1. The smallest absolute Gasteiger partial charge is 0.283 e. The lowest BCUT2D eigenvalue weighted by atomic mass is 10.4. The number of nitrogens with one attached hydrogen (secondary N) is 1. The summed E-state index contributed by atoms with van der Waals surface area (Å²) in [7, 11) is 2.11. The van der Waals surface area contributed by atoms with Gasteiger partial charge in [-0.25, -0.2) is 9.69 Å². The van der Waals surface area contributed by atoms with E-state index in [0.29, 0.717) is 11.0 Å². The molecule has 0 bridgehead atoms. The van der Waals surface area contributed by atoms with Crippen molar-refractivity contribution in [3.8, 4) is 0 Å². The first-order valence-corrected chi connectivity index (χ1v) is 7.37.